The molecule has 0 bridgehead atoms. The van der Waals surface area contributed by atoms with Gasteiger partial charge in [-0.25, -0.2) is 9.38 Å². The van der Waals surface area contributed by atoms with Crippen LogP contribution in [0.25, 0.3) is 0 Å². The fourth-order valence-corrected chi connectivity index (χ4v) is 1.19. The number of rotatable bonds is 3. The van der Waals surface area contributed by atoms with Crippen LogP contribution < -0.4 is 5.32 Å². The van der Waals surface area contributed by atoms with E-state index in [0.29, 0.717) is 17.2 Å². The smallest absolute Gasteiger partial charge is 0.142 e. The van der Waals surface area contributed by atoms with Crippen molar-refractivity contribution >= 4 is 17.9 Å². The molecular weight excluding hydrogens is 245 g/mol. The largest absolute Gasteiger partial charge is 0.328 e. The molecule has 1 aromatic heterocycles. The zero-order valence-corrected chi connectivity index (χ0v) is 11.1. The summed E-state index contributed by atoms with van der Waals surface area (Å²) in [5, 5.41) is 2.98. The number of halogens is 1. The van der Waals surface area contributed by atoms with E-state index in [0.717, 1.165) is 6.20 Å². The van der Waals surface area contributed by atoms with Crippen molar-refractivity contribution in [1.29, 1.82) is 0 Å². The summed E-state index contributed by atoms with van der Waals surface area (Å²) in [7, 11) is 3.32. The molecule has 0 fully saturated rings. The van der Waals surface area contributed by atoms with Gasteiger partial charge in [0.1, 0.15) is 11.7 Å². The molecule has 0 atom stereocenters. The first-order valence-corrected chi connectivity index (χ1v) is 5.63. The topological polar surface area (TPSA) is 62.0 Å². The van der Waals surface area contributed by atoms with E-state index in [1.807, 2.05) is 0 Å². The Morgan fingerprint density at radius 1 is 1.37 bits per heavy atom. The highest BCUT2D eigenvalue weighted by atomic mass is 19.1. The van der Waals surface area contributed by atoms with E-state index in [4.69, 9.17) is 0 Å². The van der Waals surface area contributed by atoms with Crippen molar-refractivity contribution in [2.24, 2.45) is 15.0 Å². The molecule has 1 aromatic rings. The molecule has 0 spiro atoms. The summed E-state index contributed by atoms with van der Waals surface area (Å²) in [4.78, 5) is 15.8. The highest BCUT2D eigenvalue weighted by molar-refractivity contribution is 6.08. The molecule has 0 aliphatic carbocycles. The maximum absolute atomic E-state index is 13.2. The molecule has 0 aromatic carbocycles. The summed E-state index contributed by atoms with van der Waals surface area (Å²) in [6.45, 7) is 1.79. The minimum absolute atomic E-state index is 0.419. The summed E-state index contributed by atoms with van der Waals surface area (Å²) in [6.07, 6.45) is 7.50. The predicted molar refractivity (Wildman–Crippen MR) is 76.5 cm³/mol. The first kappa shape index (κ1) is 14.7. The molecule has 1 rings (SSSR count). The van der Waals surface area contributed by atoms with Gasteiger partial charge in [0.05, 0.1) is 12.0 Å². The van der Waals surface area contributed by atoms with E-state index in [9.17, 15) is 4.39 Å². The monoisotopic (exact) mass is 261 g/mol. The van der Waals surface area contributed by atoms with Crippen molar-refractivity contribution in [2.75, 3.05) is 14.1 Å². The number of hydrogen-bond acceptors (Lipinski definition) is 4. The molecule has 5 nitrogen and oxygen atoms in total. The molecule has 1 N–H and O–H groups in total. The quantitative estimate of drug-likeness (QED) is 0.666. The molecule has 0 unspecified atom stereocenters. The first-order valence-electron chi connectivity index (χ1n) is 5.63. The third-order valence-electron chi connectivity index (χ3n) is 2.14. The fourth-order valence-electron chi connectivity index (χ4n) is 1.19. The van der Waals surface area contributed by atoms with E-state index >= 15 is 0 Å². The van der Waals surface area contributed by atoms with E-state index < -0.39 is 5.82 Å². The standard InChI is InChI=1S/C13H16FN5/c1-10(16-3)19-13(18-6-4-5-15-2)11-7-12(14)9-17-8-11/h4-9H,1-3H3,(H,16,18,19)/b6-4+,15-5?. The Labute approximate surface area is 111 Å². The molecule has 0 radical (unpaired) electrons. The number of pyridine rings is 1. The summed E-state index contributed by atoms with van der Waals surface area (Å²) in [5.74, 6) is 0.716. The van der Waals surface area contributed by atoms with E-state index in [2.05, 4.69) is 25.3 Å². The zero-order chi connectivity index (χ0) is 14.1. The maximum Gasteiger partial charge on any atom is 0.142 e. The number of hydrogen-bond donors (Lipinski definition) is 1. The third kappa shape index (κ3) is 5.20. The van der Waals surface area contributed by atoms with Crippen molar-refractivity contribution < 1.29 is 4.39 Å². The Hall–Kier alpha value is -2.37. The van der Waals surface area contributed by atoms with Crippen LogP contribution in [0.15, 0.2) is 45.7 Å². The number of nitrogens with one attached hydrogen (secondary N) is 1. The van der Waals surface area contributed by atoms with Gasteiger partial charge < -0.3 is 5.32 Å². The van der Waals surface area contributed by atoms with Crippen molar-refractivity contribution in [2.45, 2.75) is 6.92 Å². The average Bonchev–Trinajstić information content (AvgIpc) is 2.42. The van der Waals surface area contributed by atoms with Crippen LogP contribution in [-0.4, -0.2) is 37.0 Å². The van der Waals surface area contributed by atoms with Crippen molar-refractivity contribution in [3.8, 4) is 0 Å². The normalized spacial score (nSPS) is 13.5. The lowest BCUT2D eigenvalue weighted by Crippen LogP contribution is -2.29. The number of allylic oxidation sites excluding steroid dienone is 1. The van der Waals surface area contributed by atoms with Crippen LogP contribution in [0.3, 0.4) is 0 Å². The first-order chi connectivity index (χ1) is 9.17. The van der Waals surface area contributed by atoms with Crippen LogP contribution in [0.5, 0.6) is 0 Å². The van der Waals surface area contributed by atoms with Crippen LogP contribution in [-0.2, 0) is 0 Å². The highest BCUT2D eigenvalue weighted by Crippen LogP contribution is 2.02. The zero-order valence-electron chi connectivity index (χ0n) is 11.1. The van der Waals surface area contributed by atoms with Gasteiger partial charge in [0.2, 0.25) is 0 Å². The van der Waals surface area contributed by atoms with Gasteiger partial charge in [0.15, 0.2) is 0 Å². The summed E-state index contributed by atoms with van der Waals surface area (Å²) < 4.78 is 13.2. The van der Waals surface area contributed by atoms with Gasteiger partial charge in [-0.15, -0.1) is 0 Å². The summed E-state index contributed by atoms with van der Waals surface area (Å²) in [5.41, 5.74) is 0.543. The average molecular weight is 261 g/mol. The molecule has 19 heavy (non-hydrogen) atoms. The van der Waals surface area contributed by atoms with Gasteiger partial charge in [-0.1, -0.05) is 0 Å². The second-order valence-corrected chi connectivity index (χ2v) is 3.55. The van der Waals surface area contributed by atoms with Gasteiger partial charge in [0.25, 0.3) is 0 Å². The molecule has 0 amide bonds. The minimum atomic E-state index is -0.419. The number of nitrogens with zero attached hydrogens (tertiary/aromatic N) is 4. The van der Waals surface area contributed by atoms with Crippen LogP contribution >= 0.6 is 0 Å². The van der Waals surface area contributed by atoms with Gasteiger partial charge in [-0.3, -0.25) is 15.0 Å². The van der Waals surface area contributed by atoms with Gasteiger partial charge >= 0.3 is 0 Å². The number of aliphatic imine (C=N–C) groups is 3. The van der Waals surface area contributed by atoms with Gasteiger partial charge in [-0.2, -0.15) is 0 Å². The van der Waals surface area contributed by atoms with Crippen LogP contribution in [0.2, 0.25) is 0 Å². The highest BCUT2D eigenvalue weighted by Gasteiger charge is 2.05. The van der Waals surface area contributed by atoms with E-state index in [1.54, 1.807) is 39.5 Å². The predicted octanol–water partition coefficient (Wildman–Crippen LogP) is 1.82. The summed E-state index contributed by atoms with van der Waals surface area (Å²) in [6, 6.07) is 1.35. The molecule has 0 saturated carbocycles. The SMILES string of the molecule is CN=C/C=C/N=C(NC(C)=NC)c1cncc(F)c1. The second-order valence-electron chi connectivity index (χ2n) is 3.55. The Bertz CT molecular complexity index is 532. The third-order valence-corrected chi connectivity index (χ3v) is 2.14. The van der Waals surface area contributed by atoms with Crippen molar-refractivity contribution in [3.05, 3.63) is 42.1 Å². The Balaban J connectivity index is 3.04. The van der Waals surface area contributed by atoms with Crippen LogP contribution in [0, 0.1) is 5.82 Å². The van der Waals surface area contributed by atoms with Gasteiger partial charge in [-0.05, 0) is 19.1 Å². The minimum Gasteiger partial charge on any atom is -0.328 e. The lowest BCUT2D eigenvalue weighted by atomic mass is 10.2. The lowest BCUT2D eigenvalue weighted by molar-refractivity contribution is 0.621. The Kier molecular flexibility index (Phi) is 6.08. The van der Waals surface area contributed by atoms with Crippen molar-refractivity contribution in [3.63, 3.8) is 0 Å². The number of amidine groups is 2. The molecule has 0 aliphatic heterocycles. The number of aromatic nitrogens is 1. The van der Waals surface area contributed by atoms with E-state index in [-0.39, 0.29) is 0 Å². The lowest BCUT2D eigenvalue weighted by Gasteiger charge is -2.08. The van der Waals surface area contributed by atoms with Crippen molar-refractivity contribution in [1.82, 2.24) is 10.3 Å². The Morgan fingerprint density at radius 3 is 2.79 bits per heavy atom. The van der Waals surface area contributed by atoms with Crippen LogP contribution in [0.1, 0.15) is 12.5 Å². The van der Waals surface area contributed by atoms with Crippen LogP contribution in [0.4, 0.5) is 4.39 Å². The Morgan fingerprint density at radius 2 is 2.16 bits per heavy atom. The maximum atomic E-state index is 13.2. The molecule has 0 saturated heterocycles. The molecule has 100 valence electrons. The molecule has 6 heteroatoms. The molecule has 1 heterocycles. The molecule has 0 aliphatic rings. The second kappa shape index (κ2) is 7.86. The van der Waals surface area contributed by atoms with Gasteiger partial charge in [0, 0.05) is 38.3 Å². The van der Waals surface area contributed by atoms with E-state index in [1.165, 1.54) is 12.3 Å². The summed E-state index contributed by atoms with van der Waals surface area (Å²) >= 11 is 0. The fraction of sp³-hybridized carbons (Fsp3) is 0.231. The molecular formula is C13H16FN5.